The molecule has 3 heteroatoms. The van der Waals surface area contributed by atoms with Crippen molar-refractivity contribution in [2.45, 2.75) is 31.7 Å². The van der Waals surface area contributed by atoms with E-state index in [1.165, 1.54) is 5.56 Å². The first kappa shape index (κ1) is 15.4. The molecule has 2 aromatic carbocycles. The van der Waals surface area contributed by atoms with Crippen LogP contribution in [0.25, 0.3) is 0 Å². The number of rotatable bonds is 6. The van der Waals surface area contributed by atoms with E-state index in [0.717, 1.165) is 31.2 Å². The maximum atomic E-state index is 6.19. The highest BCUT2D eigenvalue weighted by atomic mass is 35.5. The van der Waals surface area contributed by atoms with Crippen molar-refractivity contribution < 1.29 is 0 Å². The summed E-state index contributed by atoms with van der Waals surface area (Å²) < 4.78 is 0. The van der Waals surface area contributed by atoms with Crippen molar-refractivity contribution in [1.29, 1.82) is 0 Å². The molecule has 0 aliphatic carbocycles. The summed E-state index contributed by atoms with van der Waals surface area (Å²) in [6.07, 6.45) is 3.96. The first-order valence-electron chi connectivity index (χ1n) is 6.88. The van der Waals surface area contributed by atoms with Gasteiger partial charge in [-0.15, -0.1) is 0 Å². The molecule has 0 saturated heterocycles. The van der Waals surface area contributed by atoms with Gasteiger partial charge in [-0.1, -0.05) is 59.6 Å². The summed E-state index contributed by atoms with van der Waals surface area (Å²) in [5, 5.41) is 1.37. The Labute approximate surface area is 130 Å². The van der Waals surface area contributed by atoms with Crippen molar-refractivity contribution in [3.8, 4) is 0 Å². The zero-order valence-electron chi connectivity index (χ0n) is 11.4. The Balaban J connectivity index is 1.79. The molecule has 20 heavy (non-hydrogen) atoms. The fourth-order valence-corrected chi connectivity index (χ4v) is 2.77. The van der Waals surface area contributed by atoms with Crippen LogP contribution in [0.15, 0.2) is 48.5 Å². The Morgan fingerprint density at radius 1 is 1.00 bits per heavy atom. The first-order valence-corrected chi connectivity index (χ1v) is 7.64. The highest BCUT2D eigenvalue weighted by Crippen LogP contribution is 2.22. The van der Waals surface area contributed by atoms with Crippen molar-refractivity contribution in [1.82, 2.24) is 0 Å². The van der Waals surface area contributed by atoms with Gasteiger partial charge in [-0.2, -0.15) is 0 Å². The van der Waals surface area contributed by atoms with E-state index in [1.807, 2.05) is 18.2 Å². The fraction of sp³-hybridized carbons (Fsp3) is 0.294. The molecule has 1 atom stereocenters. The van der Waals surface area contributed by atoms with Gasteiger partial charge in [-0.3, -0.25) is 0 Å². The van der Waals surface area contributed by atoms with Crippen LogP contribution in [-0.2, 0) is 12.8 Å². The van der Waals surface area contributed by atoms with E-state index in [1.54, 1.807) is 6.07 Å². The van der Waals surface area contributed by atoms with Crippen LogP contribution in [0.3, 0.4) is 0 Å². The third-order valence-electron chi connectivity index (χ3n) is 3.38. The molecule has 0 heterocycles. The lowest BCUT2D eigenvalue weighted by Gasteiger charge is -2.13. The second-order valence-electron chi connectivity index (χ2n) is 5.08. The fourth-order valence-electron chi connectivity index (χ4n) is 2.28. The molecule has 2 aromatic rings. The summed E-state index contributed by atoms with van der Waals surface area (Å²) in [7, 11) is 0. The average Bonchev–Trinajstić information content (AvgIpc) is 2.43. The van der Waals surface area contributed by atoms with Crippen LogP contribution in [-0.4, -0.2) is 6.04 Å². The molecule has 2 N–H and O–H groups in total. The lowest BCUT2D eigenvalue weighted by molar-refractivity contribution is 0.580. The maximum absolute atomic E-state index is 6.19. The normalized spacial score (nSPS) is 12.3. The third kappa shape index (κ3) is 4.82. The largest absolute Gasteiger partial charge is 0.327 e. The highest BCUT2D eigenvalue weighted by molar-refractivity contribution is 6.35. The predicted octanol–water partition coefficient (Wildman–Crippen LogP) is 4.89. The van der Waals surface area contributed by atoms with E-state index in [-0.39, 0.29) is 6.04 Å². The summed E-state index contributed by atoms with van der Waals surface area (Å²) in [6.45, 7) is 0. The van der Waals surface area contributed by atoms with Gasteiger partial charge in [-0.25, -0.2) is 0 Å². The van der Waals surface area contributed by atoms with Crippen molar-refractivity contribution in [2.24, 2.45) is 5.73 Å². The molecule has 106 valence electrons. The highest BCUT2D eigenvalue weighted by Gasteiger charge is 2.08. The van der Waals surface area contributed by atoms with Crippen LogP contribution in [0.4, 0.5) is 0 Å². The van der Waals surface area contributed by atoms with Crippen molar-refractivity contribution in [2.75, 3.05) is 0 Å². The van der Waals surface area contributed by atoms with E-state index in [2.05, 4.69) is 24.3 Å². The Kier molecular flexibility index (Phi) is 5.90. The van der Waals surface area contributed by atoms with E-state index in [4.69, 9.17) is 28.9 Å². The third-order valence-corrected chi connectivity index (χ3v) is 3.97. The molecule has 2 rings (SSSR count). The smallest absolute Gasteiger partial charge is 0.0453 e. The van der Waals surface area contributed by atoms with Gasteiger partial charge in [0.1, 0.15) is 0 Å². The van der Waals surface area contributed by atoms with Gasteiger partial charge in [0, 0.05) is 16.1 Å². The van der Waals surface area contributed by atoms with Crippen molar-refractivity contribution in [3.63, 3.8) is 0 Å². The topological polar surface area (TPSA) is 26.0 Å². The minimum absolute atomic E-state index is 0.136. The Morgan fingerprint density at radius 2 is 1.75 bits per heavy atom. The molecule has 0 bridgehead atoms. The van der Waals surface area contributed by atoms with Gasteiger partial charge >= 0.3 is 0 Å². The second kappa shape index (κ2) is 7.68. The first-order chi connectivity index (χ1) is 9.65. The summed E-state index contributed by atoms with van der Waals surface area (Å²) in [5.41, 5.74) is 8.62. The van der Waals surface area contributed by atoms with Gasteiger partial charge < -0.3 is 5.73 Å². The molecule has 0 aliphatic rings. The second-order valence-corrected chi connectivity index (χ2v) is 5.92. The van der Waals surface area contributed by atoms with E-state index in [0.29, 0.717) is 10.0 Å². The van der Waals surface area contributed by atoms with E-state index in [9.17, 15) is 0 Å². The standard InChI is InChI=1S/C17H19Cl2N/c18-15-10-9-14(17(19)12-15)11-16(20)8-4-7-13-5-2-1-3-6-13/h1-3,5-6,9-10,12,16H,4,7-8,11,20H2. The molecular weight excluding hydrogens is 289 g/mol. The number of halogens is 2. The summed E-state index contributed by atoms with van der Waals surface area (Å²) in [6, 6.07) is 16.2. The number of aryl methyl sites for hydroxylation is 1. The van der Waals surface area contributed by atoms with Gasteiger partial charge in [0.2, 0.25) is 0 Å². The van der Waals surface area contributed by atoms with Gasteiger partial charge in [0.15, 0.2) is 0 Å². The minimum atomic E-state index is 0.136. The number of hydrogen-bond donors (Lipinski definition) is 1. The van der Waals surface area contributed by atoms with Crippen LogP contribution in [0.5, 0.6) is 0 Å². The Morgan fingerprint density at radius 3 is 2.45 bits per heavy atom. The molecule has 1 unspecified atom stereocenters. The maximum Gasteiger partial charge on any atom is 0.0453 e. The predicted molar refractivity (Wildman–Crippen MR) is 87.5 cm³/mol. The van der Waals surface area contributed by atoms with Crippen LogP contribution < -0.4 is 5.73 Å². The number of nitrogens with two attached hydrogens (primary N) is 1. The molecule has 0 amide bonds. The molecule has 0 saturated carbocycles. The van der Waals surface area contributed by atoms with Crippen molar-refractivity contribution in [3.05, 3.63) is 69.7 Å². The Hall–Kier alpha value is -1.02. The van der Waals surface area contributed by atoms with E-state index < -0.39 is 0 Å². The molecule has 0 radical (unpaired) electrons. The van der Waals surface area contributed by atoms with Gasteiger partial charge in [-0.05, 0) is 48.9 Å². The molecule has 0 fully saturated rings. The summed E-state index contributed by atoms with van der Waals surface area (Å²) >= 11 is 12.1. The van der Waals surface area contributed by atoms with Gasteiger partial charge in [0.25, 0.3) is 0 Å². The van der Waals surface area contributed by atoms with E-state index >= 15 is 0 Å². The summed E-state index contributed by atoms with van der Waals surface area (Å²) in [5.74, 6) is 0. The molecule has 1 nitrogen and oxygen atoms in total. The summed E-state index contributed by atoms with van der Waals surface area (Å²) in [4.78, 5) is 0. The molecule has 0 aromatic heterocycles. The molecular formula is C17H19Cl2N. The van der Waals surface area contributed by atoms with Crippen LogP contribution in [0.1, 0.15) is 24.0 Å². The van der Waals surface area contributed by atoms with Crippen LogP contribution >= 0.6 is 23.2 Å². The molecule has 0 spiro atoms. The monoisotopic (exact) mass is 307 g/mol. The molecule has 0 aliphatic heterocycles. The van der Waals surface area contributed by atoms with Gasteiger partial charge in [0.05, 0.1) is 0 Å². The SMILES string of the molecule is NC(CCCc1ccccc1)Cc1ccc(Cl)cc1Cl. The number of hydrogen-bond acceptors (Lipinski definition) is 1. The zero-order valence-corrected chi connectivity index (χ0v) is 12.9. The number of benzene rings is 2. The lowest BCUT2D eigenvalue weighted by atomic mass is 10.00. The van der Waals surface area contributed by atoms with Crippen molar-refractivity contribution >= 4 is 23.2 Å². The average molecular weight is 308 g/mol. The van der Waals surface area contributed by atoms with Crippen LogP contribution in [0, 0.1) is 0 Å². The zero-order chi connectivity index (χ0) is 14.4. The van der Waals surface area contributed by atoms with Crippen LogP contribution in [0.2, 0.25) is 10.0 Å². The Bertz CT molecular complexity index is 540. The lowest BCUT2D eigenvalue weighted by Crippen LogP contribution is -2.23. The quantitative estimate of drug-likeness (QED) is 0.808. The minimum Gasteiger partial charge on any atom is -0.327 e.